The molecule has 12 heteroatoms. The van der Waals surface area contributed by atoms with Crippen LogP contribution >= 0.6 is 24.0 Å². The van der Waals surface area contributed by atoms with Crippen molar-refractivity contribution in [2.75, 3.05) is 33.0 Å². The Kier molecular flexibility index (Phi) is 11.6. The van der Waals surface area contributed by atoms with Crippen LogP contribution in [0.3, 0.4) is 0 Å². The molecule has 2 rings (SSSR count). The van der Waals surface area contributed by atoms with Gasteiger partial charge < -0.3 is 20.1 Å². The smallest absolute Gasteiger partial charge is 0.387 e. The average molecular weight is 562 g/mol. The molecule has 0 unspecified atom stereocenters. The van der Waals surface area contributed by atoms with E-state index in [2.05, 4.69) is 25.1 Å². The normalized spacial score (nSPS) is 14.6. The lowest BCUT2D eigenvalue weighted by molar-refractivity contribution is -0.0505. The van der Waals surface area contributed by atoms with Crippen LogP contribution in [0.15, 0.2) is 23.2 Å². The second-order valence-corrected chi connectivity index (χ2v) is 8.60. The SMILES string of the molecule is CN=C(NCCS(=O)(=O)NCC1CCC1)NCc1cc(OC)ccc1OC(F)F.I. The molecule has 1 aliphatic rings. The highest BCUT2D eigenvalue weighted by molar-refractivity contribution is 14.0. The number of guanidine groups is 1. The number of nitrogens with one attached hydrogen (secondary N) is 3. The Morgan fingerprint density at radius 3 is 2.60 bits per heavy atom. The van der Waals surface area contributed by atoms with Crippen molar-refractivity contribution < 1.29 is 26.7 Å². The van der Waals surface area contributed by atoms with E-state index >= 15 is 0 Å². The van der Waals surface area contributed by atoms with Crippen LogP contribution in [-0.2, 0) is 16.6 Å². The highest BCUT2D eigenvalue weighted by Gasteiger charge is 2.20. The fourth-order valence-corrected chi connectivity index (χ4v) is 3.75. The Labute approximate surface area is 193 Å². The molecule has 0 aliphatic heterocycles. The van der Waals surface area contributed by atoms with Crippen molar-refractivity contribution in [1.82, 2.24) is 15.4 Å². The van der Waals surface area contributed by atoms with Crippen LogP contribution in [-0.4, -0.2) is 54.0 Å². The standard InChI is InChI=1S/C18H28F2N4O4S.HI/c1-21-18(22-8-9-29(25,26)24-11-13-4-3-5-13)23-12-14-10-15(27-2)6-7-16(14)28-17(19)20;/h6-7,10,13,17,24H,3-5,8-9,11-12H2,1-2H3,(H2,21,22,23);1H. The third-order valence-electron chi connectivity index (χ3n) is 4.63. The zero-order valence-electron chi connectivity index (χ0n) is 17.0. The number of hydrogen-bond donors (Lipinski definition) is 3. The first-order valence-corrected chi connectivity index (χ1v) is 11.0. The molecule has 0 atom stereocenters. The van der Waals surface area contributed by atoms with Gasteiger partial charge in [0, 0.05) is 32.2 Å². The summed E-state index contributed by atoms with van der Waals surface area (Å²) in [6.45, 7) is -2.18. The van der Waals surface area contributed by atoms with Crippen LogP contribution < -0.4 is 24.8 Å². The van der Waals surface area contributed by atoms with Gasteiger partial charge in [0.1, 0.15) is 11.5 Å². The van der Waals surface area contributed by atoms with E-state index in [9.17, 15) is 17.2 Å². The summed E-state index contributed by atoms with van der Waals surface area (Å²) in [4.78, 5) is 4.01. The molecule has 0 radical (unpaired) electrons. The molecule has 0 amide bonds. The summed E-state index contributed by atoms with van der Waals surface area (Å²) < 4.78 is 61.5. The number of halogens is 3. The number of rotatable bonds is 11. The van der Waals surface area contributed by atoms with Gasteiger partial charge in [-0.25, -0.2) is 13.1 Å². The largest absolute Gasteiger partial charge is 0.497 e. The van der Waals surface area contributed by atoms with E-state index in [0.717, 1.165) is 19.3 Å². The van der Waals surface area contributed by atoms with Crippen LogP contribution in [0.1, 0.15) is 24.8 Å². The summed E-state index contributed by atoms with van der Waals surface area (Å²) in [6.07, 6.45) is 3.30. The number of benzene rings is 1. The van der Waals surface area contributed by atoms with Gasteiger partial charge in [0.2, 0.25) is 10.0 Å². The topological polar surface area (TPSA) is 101 Å². The monoisotopic (exact) mass is 562 g/mol. The van der Waals surface area contributed by atoms with E-state index in [4.69, 9.17) is 4.74 Å². The molecule has 1 fully saturated rings. The lowest BCUT2D eigenvalue weighted by atomic mass is 9.86. The van der Waals surface area contributed by atoms with Crippen LogP contribution in [0.2, 0.25) is 0 Å². The molecule has 0 heterocycles. The van der Waals surface area contributed by atoms with Crippen LogP contribution in [0, 0.1) is 5.92 Å². The molecule has 1 saturated carbocycles. The first kappa shape index (κ1) is 26.6. The van der Waals surface area contributed by atoms with Crippen molar-refractivity contribution in [3.05, 3.63) is 23.8 Å². The van der Waals surface area contributed by atoms with Crippen molar-refractivity contribution >= 4 is 40.0 Å². The van der Waals surface area contributed by atoms with Crippen molar-refractivity contribution in [3.63, 3.8) is 0 Å². The van der Waals surface area contributed by atoms with Gasteiger partial charge in [0.05, 0.1) is 12.9 Å². The second-order valence-electron chi connectivity index (χ2n) is 6.67. The Morgan fingerprint density at radius 1 is 1.30 bits per heavy atom. The molecular formula is C18H29F2IN4O4S. The number of alkyl halides is 2. The third-order valence-corrected chi connectivity index (χ3v) is 5.98. The van der Waals surface area contributed by atoms with E-state index in [-0.39, 0.29) is 48.6 Å². The van der Waals surface area contributed by atoms with Crippen molar-refractivity contribution in [3.8, 4) is 11.5 Å². The van der Waals surface area contributed by atoms with Gasteiger partial charge in [-0.2, -0.15) is 8.78 Å². The van der Waals surface area contributed by atoms with Gasteiger partial charge >= 0.3 is 6.61 Å². The molecule has 0 spiro atoms. The Morgan fingerprint density at radius 2 is 2.03 bits per heavy atom. The summed E-state index contributed by atoms with van der Waals surface area (Å²) >= 11 is 0. The Balaban J connectivity index is 0.00000450. The molecular weight excluding hydrogens is 533 g/mol. The van der Waals surface area contributed by atoms with Crippen molar-refractivity contribution in [2.45, 2.75) is 32.4 Å². The number of hydrogen-bond acceptors (Lipinski definition) is 5. The second kappa shape index (κ2) is 13.1. The predicted octanol–water partition coefficient (Wildman–Crippen LogP) is 2.30. The fourth-order valence-electron chi connectivity index (χ4n) is 2.75. The number of sulfonamides is 1. The van der Waals surface area contributed by atoms with Gasteiger partial charge in [-0.15, -0.1) is 24.0 Å². The minimum Gasteiger partial charge on any atom is -0.497 e. The Bertz CT molecular complexity index is 792. The van der Waals surface area contributed by atoms with Crippen LogP contribution in [0.4, 0.5) is 8.78 Å². The van der Waals surface area contributed by atoms with Crippen molar-refractivity contribution in [1.29, 1.82) is 0 Å². The first-order chi connectivity index (χ1) is 13.8. The summed E-state index contributed by atoms with van der Waals surface area (Å²) in [6, 6.07) is 4.50. The van der Waals surface area contributed by atoms with Gasteiger partial charge in [0.15, 0.2) is 5.96 Å². The maximum Gasteiger partial charge on any atom is 0.387 e. The molecule has 172 valence electrons. The highest BCUT2D eigenvalue weighted by atomic mass is 127. The van der Waals surface area contributed by atoms with Crippen LogP contribution in [0.5, 0.6) is 11.5 Å². The molecule has 30 heavy (non-hydrogen) atoms. The number of nitrogens with zero attached hydrogens (tertiary/aromatic N) is 1. The molecule has 0 bridgehead atoms. The van der Waals surface area contributed by atoms with Gasteiger partial charge in [-0.1, -0.05) is 6.42 Å². The number of methoxy groups -OCH3 is 1. The van der Waals surface area contributed by atoms with Gasteiger partial charge in [-0.05, 0) is 37.0 Å². The third kappa shape index (κ3) is 9.16. The van der Waals surface area contributed by atoms with Crippen LogP contribution in [0.25, 0.3) is 0 Å². The maximum atomic E-state index is 12.6. The van der Waals surface area contributed by atoms with E-state index in [1.807, 2.05) is 0 Å². The quantitative estimate of drug-likeness (QED) is 0.218. The molecule has 8 nitrogen and oxygen atoms in total. The lowest BCUT2D eigenvalue weighted by Crippen LogP contribution is -2.41. The minimum absolute atomic E-state index is 0. The lowest BCUT2D eigenvalue weighted by Gasteiger charge is -2.25. The number of ether oxygens (including phenoxy) is 2. The Hall–Kier alpha value is -1.41. The van der Waals surface area contributed by atoms with Gasteiger partial charge in [-0.3, -0.25) is 4.99 Å². The summed E-state index contributed by atoms with van der Waals surface area (Å²) in [5.41, 5.74) is 0.447. The molecule has 1 aromatic carbocycles. The first-order valence-electron chi connectivity index (χ1n) is 9.36. The maximum absolute atomic E-state index is 12.6. The molecule has 1 aromatic rings. The molecule has 0 aromatic heterocycles. The van der Waals surface area contributed by atoms with E-state index in [0.29, 0.717) is 29.7 Å². The highest BCUT2D eigenvalue weighted by Crippen LogP contribution is 2.26. The average Bonchev–Trinajstić information content (AvgIpc) is 2.63. The minimum atomic E-state index is -3.37. The van der Waals surface area contributed by atoms with Gasteiger partial charge in [0.25, 0.3) is 0 Å². The summed E-state index contributed by atoms with van der Waals surface area (Å²) in [5, 5.41) is 5.85. The fraction of sp³-hybridized carbons (Fsp3) is 0.611. The van der Waals surface area contributed by atoms with E-state index in [1.165, 1.54) is 26.3 Å². The summed E-state index contributed by atoms with van der Waals surface area (Å²) in [5.74, 6) is 1.20. The van der Waals surface area contributed by atoms with Crippen molar-refractivity contribution in [2.24, 2.45) is 10.9 Å². The molecule has 1 aliphatic carbocycles. The van der Waals surface area contributed by atoms with E-state index in [1.54, 1.807) is 6.07 Å². The molecule has 3 N–H and O–H groups in total. The number of aliphatic imine (C=N–C) groups is 1. The van der Waals surface area contributed by atoms with E-state index < -0.39 is 16.6 Å². The summed E-state index contributed by atoms with van der Waals surface area (Å²) in [7, 11) is -0.367. The predicted molar refractivity (Wildman–Crippen MR) is 122 cm³/mol. The molecule has 0 saturated heterocycles. The zero-order valence-corrected chi connectivity index (χ0v) is 20.1. The zero-order chi connectivity index (χ0) is 21.3.